The van der Waals surface area contributed by atoms with E-state index in [-0.39, 0.29) is 11.6 Å². The summed E-state index contributed by atoms with van der Waals surface area (Å²) in [4.78, 5) is 14.8. The lowest BCUT2D eigenvalue weighted by Crippen LogP contribution is -2.61. The number of nitrogens with one attached hydrogen (secondary N) is 1. The number of fused-ring (bicyclic) bond motifs is 1. The number of amides is 1. The van der Waals surface area contributed by atoms with E-state index in [4.69, 9.17) is 0 Å². The van der Waals surface area contributed by atoms with E-state index in [1.54, 1.807) is 0 Å². The summed E-state index contributed by atoms with van der Waals surface area (Å²) in [6.07, 6.45) is 6.18. The van der Waals surface area contributed by atoms with E-state index < -0.39 is 0 Å². The number of carbonyl (C=O) groups excluding carboxylic acids is 1. The van der Waals surface area contributed by atoms with Gasteiger partial charge in [0.05, 0.1) is 5.56 Å². The predicted molar refractivity (Wildman–Crippen MR) is 81.7 cm³/mol. The molecule has 1 fully saturated rings. The summed E-state index contributed by atoms with van der Waals surface area (Å²) in [6, 6.07) is 7.82. The molecular weight excluding hydrogens is 248 g/mol. The van der Waals surface area contributed by atoms with Gasteiger partial charge >= 0.3 is 0 Å². The molecular formula is C17H22N2O. The first kappa shape index (κ1) is 13.2. The molecule has 0 unspecified atom stereocenters. The molecule has 3 rings (SSSR count). The Morgan fingerprint density at radius 3 is 2.80 bits per heavy atom. The van der Waals surface area contributed by atoms with Crippen LogP contribution in [0.2, 0.25) is 0 Å². The van der Waals surface area contributed by atoms with Crippen molar-refractivity contribution in [2.24, 2.45) is 5.92 Å². The molecule has 3 heteroatoms. The Morgan fingerprint density at radius 1 is 1.40 bits per heavy atom. The molecule has 0 saturated heterocycles. The third kappa shape index (κ3) is 2.01. The van der Waals surface area contributed by atoms with Gasteiger partial charge < -0.3 is 10.2 Å². The SMILES string of the molecule is C=CCN1C(=O)c2ccccc2NC12CCC(C)CC2. The first-order valence-corrected chi connectivity index (χ1v) is 7.46. The average molecular weight is 270 g/mol. The molecule has 1 aliphatic heterocycles. The number of benzene rings is 1. The van der Waals surface area contributed by atoms with E-state index >= 15 is 0 Å². The fourth-order valence-corrected chi connectivity index (χ4v) is 3.46. The van der Waals surface area contributed by atoms with Crippen LogP contribution in [0.15, 0.2) is 36.9 Å². The Labute approximate surface area is 120 Å². The zero-order valence-corrected chi connectivity index (χ0v) is 12.1. The highest BCUT2D eigenvalue weighted by atomic mass is 16.2. The minimum absolute atomic E-state index is 0.133. The third-order valence-corrected chi connectivity index (χ3v) is 4.70. The van der Waals surface area contributed by atoms with Gasteiger partial charge in [0.2, 0.25) is 0 Å². The van der Waals surface area contributed by atoms with Crippen molar-refractivity contribution in [3.8, 4) is 0 Å². The van der Waals surface area contributed by atoms with Crippen LogP contribution < -0.4 is 5.32 Å². The Balaban J connectivity index is 2.01. The minimum atomic E-state index is -0.216. The maximum atomic E-state index is 12.8. The molecule has 1 spiro atoms. The van der Waals surface area contributed by atoms with Gasteiger partial charge in [0.25, 0.3) is 5.91 Å². The van der Waals surface area contributed by atoms with Crippen LogP contribution in [0.4, 0.5) is 5.69 Å². The van der Waals surface area contributed by atoms with Crippen molar-refractivity contribution in [3.63, 3.8) is 0 Å². The van der Waals surface area contributed by atoms with Gasteiger partial charge in [-0.3, -0.25) is 4.79 Å². The number of anilines is 1. The van der Waals surface area contributed by atoms with Crippen LogP contribution in [0.25, 0.3) is 0 Å². The van der Waals surface area contributed by atoms with E-state index in [1.165, 1.54) is 0 Å². The van der Waals surface area contributed by atoms with Gasteiger partial charge in [0.15, 0.2) is 0 Å². The number of hydrogen-bond donors (Lipinski definition) is 1. The van der Waals surface area contributed by atoms with Gasteiger partial charge in [-0.1, -0.05) is 25.1 Å². The molecule has 1 aliphatic carbocycles. The first-order valence-electron chi connectivity index (χ1n) is 7.46. The molecule has 2 aliphatic rings. The van der Waals surface area contributed by atoms with Crippen LogP contribution in [0.1, 0.15) is 43.0 Å². The Morgan fingerprint density at radius 2 is 2.10 bits per heavy atom. The van der Waals surface area contributed by atoms with Gasteiger partial charge in [-0.2, -0.15) is 0 Å². The number of rotatable bonds is 2. The standard InChI is InChI=1S/C17H22N2O/c1-3-12-19-16(20)14-6-4-5-7-15(14)18-17(19)10-8-13(2)9-11-17/h3-7,13,18H,1,8-12H2,2H3. The van der Waals surface area contributed by atoms with Gasteiger partial charge in [0, 0.05) is 12.2 Å². The number of nitrogens with zero attached hydrogens (tertiary/aromatic N) is 1. The van der Waals surface area contributed by atoms with Crippen molar-refractivity contribution in [1.29, 1.82) is 0 Å². The number of para-hydroxylation sites is 1. The van der Waals surface area contributed by atoms with Crippen LogP contribution >= 0.6 is 0 Å². The highest BCUT2D eigenvalue weighted by Crippen LogP contribution is 2.41. The summed E-state index contributed by atoms with van der Waals surface area (Å²) in [7, 11) is 0. The molecule has 20 heavy (non-hydrogen) atoms. The van der Waals surface area contributed by atoms with Crippen molar-refractivity contribution in [1.82, 2.24) is 4.90 Å². The smallest absolute Gasteiger partial charge is 0.258 e. The summed E-state index contributed by atoms with van der Waals surface area (Å²) in [6.45, 7) is 6.72. The summed E-state index contributed by atoms with van der Waals surface area (Å²) >= 11 is 0. The Kier molecular flexibility index (Phi) is 3.28. The zero-order chi connectivity index (χ0) is 14.2. The van der Waals surface area contributed by atoms with E-state index in [0.717, 1.165) is 42.9 Å². The predicted octanol–water partition coefficient (Wildman–Crippen LogP) is 3.65. The fourth-order valence-electron chi connectivity index (χ4n) is 3.46. The van der Waals surface area contributed by atoms with E-state index in [1.807, 2.05) is 35.2 Å². The van der Waals surface area contributed by atoms with Crippen molar-refractivity contribution < 1.29 is 4.79 Å². The average Bonchev–Trinajstić information content (AvgIpc) is 2.47. The lowest BCUT2D eigenvalue weighted by molar-refractivity contribution is 0.0399. The molecule has 3 nitrogen and oxygen atoms in total. The molecule has 1 aromatic rings. The second-order valence-electron chi connectivity index (χ2n) is 6.09. The molecule has 0 atom stereocenters. The van der Waals surface area contributed by atoms with Crippen molar-refractivity contribution in [3.05, 3.63) is 42.5 Å². The second kappa shape index (κ2) is 4.97. The molecule has 0 bridgehead atoms. The lowest BCUT2D eigenvalue weighted by atomic mass is 9.80. The first-order chi connectivity index (χ1) is 9.66. The summed E-state index contributed by atoms with van der Waals surface area (Å²) in [5.41, 5.74) is 1.54. The quantitative estimate of drug-likeness (QED) is 0.832. The third-order valence-electron chi connectivity index (χ3n) is 4.70. The minimum Gasteiger partial charge on any atom is -0.362 e. The Bertz CT molecular complexity index is 530. The molecule has 1 amide bonds. The van der Waals surface area contributed by atoms with Crippen molar-refractivity contribution in [2.45, 2.75) is 38.3 Å². The van der Waals surface area contributed by atoms with E-state index in [2.05, 4.69) is 18.8 Å². The Hall–Kier alpha value is -1.77. The summed E-state index contributed by atoms with van der Waals surface area (Å²) in [5.74, 6) is 0.883. The highest BCUT2D eigenvalue weighted by molar-refractivity contribution is 6.02. The zero-order valence-electron chi connectivity index (χ0n) is 12.1. The molecule has 0 radical (unpaired) electrons. The molecule has 106 valence electrons. The van der Waals surface area contributed by atoms with Crippen LogP contribution in [0.5, 0.6) is 0 Å². The van der Waals surface area contributed by atoms with E-state index in [9.17, 15) is 4.79 Å². The van der Waals surface area contributed by atoms with Crippen LogP contribution in [-0.4, -0.2) is 23.0 Å². The number of hydrogen-bond acceptors (Lipinski definition) is 2. The van der Waals surface area contributed by atoms with Crippen LogP contribution in [-0.2, 0) is 0 Å². The molecule has 1 aromatic carbocycles. The lowest BCUT2D eigenvalue weighted by Gasteiger charge is -2.51. The largest absolute Gasteiger partial charge is 0.362 e. The summed E-state index contributed by atoms with van der Waals surface area (Å²) < 4.78 is 0. The van der Waals surface area contributed by atoms with Crippen molar-refractivity contribution >= 4 is 11.6 Å². The second-order valence-corrected chi connectivity index (χ2v) is 6.09. The van der Waals surface area contributed by atoms with Gasteiger partial charge in [-0.05, 0) is 43.7 Å². The van der Waals surface area contributed by atoms with Gasteiger partial charge in [-0.25, -0.2) is 0 Å². The fraction of sp³-hybridized carbons (Fsp3) is 0.471. The summed E-state index contributed by atoms with van der Waals surface area (Å²) in [5, 5.41) is 3.66. The van der Waals surface area contributed by atoms with Crippen LogP contribution in [0, 0.1) is 5.92 Å². The van der Waals surface area contributed by atoms with Gasteiger partial charge in [-0.15, -0.1) is 6.58 Å². The number of carbonyl (C=O) groups is 1. The van der Waals surface area contributed by atoms with Crippen LogP contribution in [0.3, 0.4) is 0 Å². The maximum absolute atomic E-state index is 12.8. The van der Waals surface area contributed by atoms with Gasteiger partial charge in [0.1, 0.15) is 5.66 Å². The molecule has 1 N–H and O–H groups in total. The molecule has 0 aromatic heterocycles. The topological polar surface area (TPSA) is 32.3 Å². The highest BCUT2D eigenvalue weighted by Gasteiger charge is 2.45. The molecule has 1 saturated carbocycles. The normalized spacial score (nSPS) is 28.9. The monoisotopic (exact) mass is 270 g/mol. The van der Waals surface area contributed by atoms with Crippen molar-refractivity contribution in [2.75, 3.05) is 11.9 Å². The molecule has 1 heterocycles. The maximum Gasteiger partial charge on any atom is 0.258 e. The van der Waals surface area contributed by atoms with E-state index in [0.29, 0.717) is 6.54 Å².